The van der Waals surface area contributed by atoms with Crippen LogP contribution in [0.5, 0.6) is 0 Å². The second-order valence-electron chi connectivity index (χ2n) is 4.88. The van der Waals surface area contributed by atoms with Crippen LogP contribution in [0.2, 0.25) is 0 Å². The molecule has 0 bridgehead atoms. The number of rotatable bonds is 3. The van der Waals surface area contributed by atoms with Crippen LogP contribution in [-0.4, -0.2) is 46.1 Å². The molecule has 0 saturated carbocycles. The summed E-state index contributed by atoms with van der Waals surface area (Å²) in [4.78, 5) is 0. The number of aromatic nitrogens is 4. The lowest BCUT2D eigenvalue weighted by atomic mass is 10.1. The average molecular weight is 275 g/mol. The Hall–Kier alpha value is -1.99. The van der Waals surface area contributed by atoms with E-state index in [-0.39, 0.29) is 6.10 Å². The lowest BCUT2D eigenvalue weighted by Crippen LogP contribution is -2.32. The van der Waals surface area contributed by atoms with Crippen LogP contribution in [0.1, 0.15) is 5.56 Å². The van der Waals surface area contributed by atoms with Gasteiger partial charge >= 0.3 is 0 Å². The largest absolute Gasteiger partial charge is 0.399 e. The van der Waals surface area contributed by atoms with Crippen molar-refractivity contribution < 1.29 is 9.47 Å². The first kappa shape index (κ1) is 13.0. The van der Waals surface area contributed by atoms with Gasteiger partial charge in [-0.25, -0.2) is 4.68 Å². The Bertz CT molecular complexity index is 572. The number of hydrogen-bond donors (Lipinski definition) is 1. The molecule has 1 atom stereocenters. The molecule has 0 radical (unpaired) electrons. The first-order valence-electron chi connectivity index (χ1n) is 6.55. The SMILES string of the molecule is Cc1cc(N)cc(-c2nnnn2CC2COCCO2)c1. The van der Waals surface area contributed by atoms with Crippen molar-refractivity contribution in [3.63, 3.8) is 0 Å². The van der Waals surface area contributed by atoms with Crippen molar-refractivity contribution in [2.75, 3.05) is 25.6 Å². The number of tetrazole rings is 1. The molecule has 0 spiro atoms. The Labute approximate surface area is 116 Å². The van der Waals surface area contributed by atoms with Crippen LogP contribution in [0.15, 0.2) is 18.2 Å². The molecular formula is C13H17N5O2. The third kappa shape index (κ3) is 2.78. The van der Waals surface area contributed by atoms with Crippen molar-refractivity contribution in [2.24, 2.45) is 0 Å². The second-order valence-corrected chi connectivity index (χ2v) is 4.88. The number of ether oxygens (including phenoxy) is 2. The van der Waals surface area contributed by atoms with Crippen LogP contribution < -0.4 is 5.73 Å². The maximum atomic E-state index is 5.88. The first-order chi connectivity index (χ1) is 9.72. The molecule has 106 valence electrons. The van der Waals surface area contributed by atoms with Gasteiger partial charge in [0.15, 0.2) is 5.82 Å². The smallest absolute Gasteiger partial charge is 0.182 e. The minimum atomic E-state index is -0.0202. The van der Waals surface area contributed by atoms with Crippen LogP contribution in [0.4, 0.5) is 5.69 Å². The molecule has 2 aromatic rings. The van der Waals surface area contributed by atoms with Gasteiger partial charge in [0.25, 0.3) is 0 Å². The monoisotopic (exact) mass is 275 g/mol. The molecule has 20 heavy (non-hydrogen) atoms. The highest BCUT2D eigenvalue weighted by Crippen LogP contribution is 2.21. The summed E-state index contributed by atoms with van der Waals surface area (Å²) in [5.74, 6) is 0.689. The summed E-state index contributed by atoms with van der Waals surface area (Å²) in [5.41, 5.74) is 8.56. The minimum Gasteiger partial charge on any atom is -0.399 e. The van der Waals surface area contributed by atoms with Crippen molar-refractivity contribution in [1.82, 2.24) is 20.2 Å². The highest BCUT2D eigenvalue weighted by molar-refractivity contribution is 5.62. The molecule has 7 nitrogen and oxygen atoms in total. The number of nitrogens with zero attached hydrogens (tertiary/aromatic N) is 4. The van der Waals surface area contributed by atoms with Crippen molar-refractivity contribution >= 4 is 5.69 Å². The molecule has 1 aromatic heterocycles. The molecule has 0 aliphatic carbocycles. The van der Waals surface area contributed by atoms with Gasteiger partial charge in [-0.3, -0.25) is 0 Å². The number of nitrogen functional groups attached to an aromatic ring is 1. The lowest BCUT2D eigenvalue weighted by molar-refractivity contribution is -0.0946. The standard InChI is InChI=1S/C13H17N5O2/c1-9-4-10(6-11(14)5-9)13-15-16-17-18(13)7-12-8-19-2-3-20-12/h4-6,12H,2-3,7-8,14H2,1H3. The van der Waals surface area contributed by atoms with E-state index in [2.05, 4.69) is 15.5 Å². The van der Waals surface area contributed by atoms with Crippen LogP contribution in [0.3, 0.4) is 0 Å². The van der Waals surface area contributed by atoms with E-state index in [4.69, 9.17) is 15.2 Å². The highest BCUT2D eigenvalue weighted by Gasteiger charge is 2.18. The van der Waals surface area contributed by atoms with E-state index in [1.54, 1.807) is 4.68 Å². The molecule has 7 heteroatoms. The Balaban J connectivity index is 1.85. The summed E-state index contributed by atoms with van der Waals surface area (Å²) >= 11 is 0. The highest BCUT2D eigenvalue weighted by atomic mass is 16.6. The van der Waals surface area contributed by atoms with E-state index in [1.807, 2.05) is 25.1 Å². The molecule has 1 fully saturated rings. The average Bonchev–Trinajstić information content (AvgIpc) is 2.87. The van der Waals surface area contributed by atoms with E-state index >= 15 is 0 Å². The van der Waals surface area contributed by atoms with Crippen molar-refractivity contribution in [2.45, 2.75) is 19.6 Å². The van der Waals surface area contributed by atoms with E-state index in [9.17, 15) is 0 Å². The summed E-state index contributed by atoms with van der Waals surface area (Å²) < 4.78 is 12.7. The van der Waals surface area contributed by atoms with E-state index < -0.39 is 0 Å². The molecular weight excluding hydrogens is 258 g/mol. The zero-order valence-electron chi connectivity index (χ0n) is 11.3. The Morgan fingerprint density at radius 3 is 3.00 bits per heavy atom. The summed E-state index contributed by atoms with van der Waals surface area (Å²) in [6.07, 6.45) is -0.0202. The quantitative estimate of drug-likeness (QED) is 0.827. The molecule has 3 rings (SSSR count). The van der Waals surface area contributed by atoms with Gasteiger partial charge in [0, 0.05) is 11.3 Å². The number of anilines is 1. The van der Waals surface area contributed by atoms with Crippen LogP contribution >= 0.6 is 0 Å². The predicted octanol–water partition coefficient (Wildman–Crippen LogP) is 0.646. The third-order valence-electron chi connectivity index (χ3n) is 3.15. The van der Waals surface area contributed by atoms with Crippen LogP contribution in [0.25, 0.3) is 11.4 Å². The molecule has 1 saturated heterocycles. The van der Waals surface area contributed by atoms with Gasteiger partial charge in [-0.05, 0) is 41.1 Å². The van der Waals surface area contributed by atoms with Crippen molar-refractivity contribution in [1.29, 1.82) is 0 Å². The van der Waals surface area contributed by atoms with Crippen LogP contribution in [-0.2, 0) is 16.0 Å². The maximum Gasteiger partial charge on any atom is 0.182 e. The maximum absolute atomic E-state index is 5.88. The van der Waals surface area contributed by atoms with E-state index in [0.29, 0.717) is 37.9 Å². The Morgan fingerprint density at radius 2 is 2.25 bits per heavy atom. The normalized spacial score (nSPS) is 19.1. The first-order valence-corrected chi connectivity index (χ1v) is 6.55. The molecule has 2 N–H and O–H groups in total. The lowest BCUT2D eigenvalue weighted by Gasteiger charge is -2.22. The molecule has 1 unspecified atom stereocenters. The van der Waals surface area contributed by atoms with Gasteiger partial charge in [-0.1, -0.05) is 0 Å². The molecule has 1 aliphatic heterocycles. The van der Waals surface area contributed by atoms with Gasteiger partial charge in [0.2, 0.25) is 0 Å². The predicted molar refractivity (Wildman–Crippen MR) is 73.0 cm³/mol. The van der Waals surface area contributed by atoms with Gasteiger partial charge in [-0.15, -0.1) is 5.10 Å². The number of aryl methyl sites for hydroxylation is 1. The fraction of sp³-hybridized carbons (Fsp3) is 0.462. The molecule has 1 aromatic carbocycles. The number of nitrogens with two attached hydrogens (primary N) is 1. The number of benzene rings is 1. The van der Waals surface area contributed by atoms with Crippen molar-refractivity contribution in [3.05, 3.63) is 23.8 Å². The fourth-order valence-corrected chi connectivity index (χ4v) is 2.31. The van der Waals surface area contributed by atoms with Gasteiger partial charge in [0.1, 0.15) is 6.10 Å². The summed E-state index contributed by atoms with van der Waals surface area (Å²) in [7, 11) is 0. The zero-order chi connectivity index (χ0) is 13.9. The van der Waals surface area contributed by atoms with Gasteiger partial charge in [-0.2, -0.15) is 0 Å². The van der Waals surface area contributed by atoms with E-state index in [1.165, 1.54) is 0 Å². The number of hydrogen-bond acceptors (Lipinski definition) is 6. The topological polar surface area (TPSA) is 88.1 Å². The van der Waals surface area contributed by atoms with Gasteiger partial charge < -0.3 is 15.2 Å². The zero-order valence-corrected chi connectivity index (χ0v) is 11.3. The summed E-state index contributed by atoms with van der Waals surface area (Å²) in [6, 6.07) is 5.79. The summed E-state index contributed by atoms with van der Waals surface area (Å²) in [6.45, 7) is 4.38. The third-order valence-corrected chi connectivity index (χ3v) is 3.15. The fourth-order valence-electron chi connectivity index (χ4n) is 2.31. The Morgan fingerprint density at radius 1 is 1.35 bits per heavy atom. The molecule has 0 amide bonds. The van der Waals surface area contributed by atoms with Gasteiger partial charge in [0.05, 0.1) is 26.4 Å². The summed E-state index contributed by atoms with van der Waals surface area (Å²) in [5, 5.41) is 11.9. The minimum absolute atomic E-state index is 0.0202. The van der Waals surface area contributed by atoms with Crippen molar-refractivity contribution in [3.8, 4) is 11.4 Å². The second kappa shape index (κ2) is 5.56. The molecule has 1 aliphatic rings. The molecule has 2 heterocycles. The van der Waals surface area contributed by atoms with Crippen LogP contribution in [0, 0.1) is 6.92 Å². The Kier molecular flexibility index (Phi) is 3.62. The van der Waals surface area contributed by atoms with E-state index in [0.717, 1.165) is 11.1 Å².